The van der Waals surface area contributed by atoms with Crippen molar-refractivity contribution in [2.75, 3.05) is 13.7 Å². The maximum atomic E-state index is 13.2. The number of thioether (sulfide) groups is 1. The predicted octanol–water partition coefficient (Wildman–Crippen LogP) is 5.69. The summed E-state index contributed by atoms with van der Waals surface area (Å²) < 4.78 is 7.30. The van der Waals surface area contributed by atoms with Crippen LogP contribution in [0.25, 0.3) is 10.9 Å². The van der Waals surface area contributed by atoms with Gasteiger partial charge in [0.05, 0.1) is 23.2 Å². The fraction of sp³-hybridized carbons (Fsp3) is 0.333. The second-order valence-corrected chi connectivity index (χ2v) is 7.77. The molecule has 0 radical (unpaired) electrons. The molecule has 0 aliphatic carbocycles. The summed E-state index contributed by atoms with van der Waals surface area (Å²) >= 11 is 1.42. The first-order chi connectivity index (χ1) is 14.3. The second kappa shape index (κ2) is 10.3. The van der Waals surface area contributed by atoms with Crippen molar-refractivity contribution in [3.63, 3.8) is 0 Å². The van der Waals surface area contributed by atoms with E-state index in [-0.39, 0.29) is 18.2 Å². The molecule has 0 aliphatic rings. The number of carbonyl (C=O) groups excluding carboxylic acids is 2. The number of ether oxygens (including phenoxy) is 1. The van der Waals surface area contributed by atoms with E-state index < -0.39 is 0 Å². The van der Waals surface area contributed by atoms with Crippen molar-refractivity contribution in [3.8, 4) is 5.75 Å². The van der Waals surface area contributed by atoms with Gasteiger partial charge in [-0.05, 0) is 57.7 Å². The summed E-state index contributed by atoms with van der Waals surface area (Å²) in [6.07, 6.45) is 3.71. The van der Waals surface area contributed by atoms with Crippen LogP contribution in [0, 0.1) is 6.92 Å². The lowest BCUT2D eigenvalue weighted by molar-refractivity contribution is -0.129. The zero-order chi connectivity index (χ0) is 22.4. The van der Waals surface area contributed by atoms with Crippen LogP contribution in [0.5, 0.6) is 5.75 Å². The first kappa shape index (κ1) is 23.5. The highest BCUT2D eigenvalue weighted by atomic mass is 32.2. The highest BCUT2D eigenvalue weighted by Crippen LogP contribution is 2.31. The average Bonchev–Trinajstić information content (AvgIpc) is 3.02. The molecule has 1 heterocycles. The Bertz CT molecular complexity index is 1030. The van der Waals surface area contributed by atoms with Gasteiger partial charge in [-0.25, -0.2) is 0 Å². The molecule has 5 nitrogen and oxygen atoms in total. The monoisotopic (exact) mass is 426 g/mol. The van der Waals surface area contributed by atoms with Crippen LogP contribution in [0.3, 0.4) is 0 Å². The molecule has 0 saturated carbocycles. The third-order valence-electron chi connectivity index (χ3n) is 5.18. The van der Waals surface area contributed by atoms with Crippen molar-refractivity contribution in [1.82, 2.24) is 9.47 Å². The van der Waals surface area contributed by atoms with Crippen molar-refractivity contribution < 1.29 is 14.3 Å². The number of carbonyl (C=O) groups is 2. The van der Waals surface area contributed by atoms with E-state index >= 15 is 0 Å². The van der Waals surface area contributed by atoms with Crippen LogP contribution >= 0.6 is 11.8 Å². The number of fused-ring (bicyclic) bond motifs is 1. The number of rotatable bonds is 9. The van der Waals surface area contributed by atoms with E-state index in [0.29, 0.717) is 23.4 Å². The van der Waals surface area contributed by atoms with Crippen molar-refractivity contribution in [3.05, 3.63) is 64.2 Å². The lowest BCUT2D eigenvalue weighted by Crippen LogP contribution is -2.32. The smallest absolute Gasteiger partial charge is 0.247 e. The minimum absolute atomic E-state index is 0.0277. The van der Waals surface area contributed by atoms with Crippen LogP contribution in [-0.2, 0) is 11.3 Å². The highest BCUT2D eigenvalue weighted by molar-refractivity contribution is 8.05. The Kier molecular flexibility index (Phi) is 8.12. The fourth-order valence-electron chi connectivity index (χ4n) is 3.45. The summed E-state index contributed by atoms with van der Waals surface area (Å²) in [5.74, 6) is 0.601. The first-order valence-corrected chi connectivity index (χ1v) is 10.8. The topological polar surface area (TPSA) is 51.5 Å². The van der Waals surface area contributed by atoms with E-state index in [2.05, 4.69) is 6.58 Å². The molecule has 30 heavy (non-hydrogen) atoms. The Balaban J connectivity index is 2.62. The number of ketones is 1. The molecule has 0 bridgehead atoms. The molecule has 0 unspecified atom stereocenters. The third kappa shape index (κ3) is 4.54. The van der Waals surface area contributed by atoms with E-state index in [1.807, 2.05) is 69.5 Å². The summed E-state index contributed by atoms with van der Waals surface area (Å²) in [6, 6.07) is 5.61. The molecule has 0 saturated heterocycles. The van der Waals surface area contributed by atoms with Gasteiger partial charge in [0.15, 0.2) is 5.78 Å². The van der Waals surface area contributed by atoms with Gasteiger partial charge in [0.25, 0.3) is 0 Å². The minimum atomic E-state index is -0.0514. The lowest BCUT2D eigenvalue weighted by Gasteiger charge is -2.23. The molecule has 2 rings (SSSR count). The van der Waals surface area contributed by atoms with Gasteiger partial charge in [0, 0.05) is 23.7 Å². The lowest BCUT2D eigenvalue weighted by atomic mass is 10.0. The van der Waals surface area contributed by atoms with Crippen molar-refractivity contribution in [2.24, 2.45) is 0 Å². The molecule has 0 atom stereocenters. The van der Waals surface area contributed by atoms with Gasteiger partial charge >= 0.3 is 0 Å². The highest BCUT2D eigenvalue weighted by Gasteiger charge is 2.24. The summed E-state index contributed by atoms with van der Waals surface area (Å²) in [5, 5.41) is 3.37. The zero-order valence-corrected chi connectivity index (χ0v) is 19.4. The van der Waals surface area contributed by atoms with Crippen LogP contribution < -0.4 is 4.74 Å². The zero-order valence-electron chi connectivity index (χ0n) is 18.6. The number of benzene rings is 1. The second-order valence-electron chi connectivity index (χ2n) is 6.78. The van der Waals surface area contributed by atoms with Gasteiger partial charge in [-0.1, -0.05) is 30.5 Å². The first-order valence-electron chi connectivity index (χ1n) is 9.93. The molecule has 160 valence electrons. The Hall–Kier alpha value is -2.73. The van der Waals surface area contributed by atoms with E-state index in [4.69, 9.17) is 4.74 Å². The van der Waals surface area contributed by atoms with E-state index in [9.17, 15) is 9.59 Å². The number of amides is 1. The Morgan fingerprint density at radius 3 is 2.50 bits per heavy atom. The third-order valence-corrected chi connectivity index (χ3v) is 6.04. The Morgan fingerprint density at radius 2 is 1.97 bits per heavy atom. The number of methoxy groups -OCH3 is 1. The largest absolute Gasteiger partial charge is 0.497 e. The van der Waals surface area contributed by atoms with Gasteiger partial charge in [-0.15, -0.1) is 0 Å². The normalized spacial score (nSPS) is 12.2. The molecule has 1 aromatic heterocycles. The summed E-state index contributed by atoms with van der Waals surface area (Å²) in [7, 11) is 1.60. The van der Waals surface area contributed by atoms with Gasteiger partial charge < -0.3 is 14.2 Å². The average molecular weight is 427 g/mol. The SMILES string of the molecule is C=CS/C(=C\C)N(CC)C(=O)Cn1c(C)c(C(=O)/C(C)=C/C)c2ccc(OC)cc21. The molecule has 0 aliphatic heterocycles. The van der Waals surface area contributed by atoms with Crippen LogP contribution in [0.4, 0.5) is 0 Å². The van der Waals surface area contributed by atoms with E-state index in [0.717, 1.165) is 21.6 Å². The number of hydrogen-bond donors (Lipinski definition) is 0. The van der Waals surface area contributed by atoms with Crippen molar-refractivity contribution in [1.29, 1.82) is 0 Å². The molecule has 6 heteroatoms. The van der Waals surface area contributed by atoms with Crippen LogP contribution in [0.1, 0.15) is 43.7 Å². The summed E-state index contributed by atoms with van der Waals surface area (Å²) in [5.41, 5.74) is 2.88. The van der Waals surface area contributed by atoms with Gasteiger partial charge in [-0.3, -0.25) is 9.59 Å². The van der Waals surface area contributed by atoms with E-state index in [1.54, 1.807) is 17.4 Å². The molecule has 1 aromatic carbocycles. The van der Waals surface area contributed by atoms with Crippen molar-refractivity contribution in [2.45, 2.75) is 41.2 Å². The van der Waals surface area contributed by atoms with Crippen LogP contribution in [-0.4, -0.2) is 34.8 Å². The fourth-order valence-corrected chi connectivity index (χ4v) is 4.12. The van der Waals surface area contributed by atoms with E-state index in [1.165, 1.54) is 11.8 Å². The predicted molar refractivity (Wildman–Crippen MR) is 126 cm³/mol. The molecule has 1 amide bonds. The van der Waals surface area contributed by atoms with Gasteiger partial charge in [0.2, 0.25) is 5.91 Å². The van der Waals surface area contributed by atoms with Gasteiger partial charge in [-0.2, -0.15) is 0 Å². The number of Topliss-reactive ketones (excluding diaryl/α,β-unsaturated/α-hetero) is 1. The molecule has 0 fully saturated rings. The maximum absolute atomic E-state index is 13.2. The summed E-state index contributed by atoms with van der Waals surface area (Å²) in [4.78, 5) is 28.0. The molecule has 0 N–H and O–H groups in total. The number of likely N-dealkylation sites (N-methyl/N-ethyl adjacent to an activating group) is 1. The maximum Gasteiger partial charge on any atom is 0.247 e. The van der Waals surface area contributed by atoms with Crippen molar-refractivity contribution >= 4 is 34.4 Å². The number of aromatic nitrogens is 1. The Morgan fingerprint density at radius 1 is 1.27 bits per heavy atom. The van der Waals surface area contributed by atoms with Crippen LogP contribution in [0.2, 0.25) is 0 Å². The number of nitrogens with zero attached hydrogens (tertiary/aromatic N) is 2. The quantitative estimate of drug-likeness (QED) is 0.382. The summed E-state index contributed by atoms with van der Waals surface area (Å²) in [6.45, 7) is 13.8. The standard InChI is InChI=1S/C24H30N2O3S/c1-8-16(5)24(28)23-17(6)26(20-14-18(29-7)12-13-19(20)23)15-21(27)25(10-3)22(9-2)30-11-4/h8-9,11-14H,4,10,15H2,1-3,5-7H3/b16-8+,22-9-. The molecular weight excluding hydrogens is 396 g/mol. The van der Waals surface area contributed by atoms with Crippen LogP contribution in [0.15, 0.2) is 52.9 Å². The number of hydrogen-bond acceptors (Lipinski definition) is 4. The minimum Gasteiger partial charge on any atom is -0.497 e. The molecule has 0 spiro atoms. The van der Waals surface area contributed by atoms with Gasteiger partial charge in [0.1, 0.15) is 12.3 Å². The Labute approximate surface area is 183 Å². The molecular formula is C24H30N2O3S. The molecule has 2 aromatic rings. The number of allylic oxidation sites excluding steroid dienone is 3.